The van der Waals surface area contributed by atoms with Crippen molar-refractivity contribution in [1.29, 1.82) is 0 Å². The van der Waals surface area contributed by atoms with Gasteiger partial charge in [0.1, 0.15) is 6.04 Å². The van der Waals surface area contributed by atoms with E-state index in [0.717, 1.165) is 4.90 Å². The Kier molecular flexibility index (Phi) is 7.23. The fraction of sp³-hybridized carbons (Fsp3) is 0.211. The molecular formula is C19H20N2O4S. The molecule has 0 spiro atoms. The highest BCUT2D eigenvalue weighted by atomic mass is 32.2. The molecule has 0 unspecified atom stereocenters. The van der Waals surface area contributed by atoms with E-state index in [-0.39, 0.29) is 5.91 Å². The summed E-state index contributed by atoms with van der Waals surface area (Å²) < 4.78 is 4.98. The lowest BCUT2D eigenvalue weighted by Gasteiger charge is -2.14. The number of thioether (sulfide) groups is 1. The highest BCUT2D eigenvalue weighted by Crippen LogP contribution is 2.24. The second-order valence-corrected chi connectivity index (χ2v) is 6.27. The van der Waals surface area contributed by atoms with Gasteiger partial charge in [0.25, 0.3) is 11.8 Å². The van der Waals surface area contributed by atoms with Crippen LogP contribution in [0.15, 0.2) is 59.5 Å². The summed E-state index contributed by atoms with van der Waals surface area (Å²) in [6.07, 6.45) is 1.90. The van der Waals surface area contributed by atoms with Crippen LogP contribution >= 0.6 is 11.8 Å². The predicted molar refractivity (Wildman–Crippen MR) is 101 cm³/mol. The minimum absolute atomic E-state index is 0.381. The van der Waals surface area contributed by atoms with E-state index in [0.29, 0.717) is 11.3 Å². The molecule has 0 saturated heterocycles. The summed E-state index contributed by atoms with van der Waals surface area (Å²) >= 11 is 1.50. The van der Waals surface area contributed by atoms with Gasteiger partial charge in [-0.15, -0.1) is 11.8 Å². The van der Waals surface area contributed by atoms with Crippen molar-refractivity contribution in [2.75, 3.05) is 18.2 Å². The number of anilines is 1. The third kappa shape index (κ3) is 5.63. The van der Waals surface area contributed by atoms with Crippen LogP contribution in [0.3, 0.4) is 0 Å². The van der Waals surface area contributed by atoms with Gasteiger partial charge in [0.2, 0.25) is 0 Å². The smallest absolute Gasteiger partial charge is 0.328 e. The maximum Gasteiger partial charge on any atom is 0.328 e. The summed E-state index contributed by atoms with van der Waals surface area (Å²) in [6, 6.07) is 15.0. The normalized spacial score (nSPS) is 11.3. The summed E-state index contributed by atoms with van der Waals surface area (Å²) in [5.41, 5.74) is 1.10. The molecule has 0 heterocycles. The van der Waals surface area contributed by atoms with Crippen LogP contribution in [0.4, 0.5) is 5.69 Å². The molecule has 0 aliphatic heterocycles. The van der Waals surface area contributed by atoms with E-state index in [4.69, 9.17) is 4.74 Å². The lowest BCUT2D eigenvalue weighted by molar-refractivity contribution is -0.148. The Morgan fingerprint density at radius 3 is 2.38 bits per heavy atom. The van der Waals surface area contributed by atoms with Crippen molar-refractivity contribution in [1.82, 2.24) is 5.32 Å². The number of para-hydroxylation sites is 1. The Labute approximate surface area is 156 Å². The lowest BCUT2D eigenvalue weighted by atomic mass is 10.2. The first-order valence-corrected chi connectivity index (χ1v) is 9.19. The molecule has 1 atom stereocenters. The molecule has 2 aromatic rings. The number of nitrogens with one attached hydrogen (secondary N) is 2. The van der Waals surface area contributed by atoms with Crippen LogP contribution in [0.5, 0.6) is 0 Å². The van der Waals surface area contributed by atoms with Crippen LogP contribution in [-0.4, -0.2) is 36.7 Å². The zero-order valence-corrected chi connectivity index (χ0v) is 15.3. The van der Waals surface area contributed by atoms with Crippen molar-refractivity contribution in [3.63, 3.8) is 0 Å². The van der Waals surface area contributed by atoms with Crippen LogP contribution < -0.4 is 10.6 Å². The number of carbonyl (C=O) groups excluding carboxylic acids is 3. The Hall–Kier alpha value is -2.80. The van der Waals surface area contributed by atoms with E-state index in [1.54, 1.807) is 36.4 Å². The predicted octanol–water partition coefficient (Wildman–Crippen LogP) is 2.71. The molecule has 0 bridgehead atoms. The molecule has 0 aliphatic rings. The van der Waals surface area contributed by atoms with E-state index in [1.165, 1.54) is 18.7 Å². The average Bonchev–Trinajstić information content (AvgIpc) is 2.67. The number of carbonyl (C=O) groups is 3. The first-order valence-electron chi connectivity index (χ1n) is 7.96. The molecule has 136 valence electrons. The topological polar surface area (TPSA) is 84.5 Å². The molecule has 2 amide bonds. The number of benzene rings is 2. The molecular weight excluding hydrogens is 352 g/mol. The van der Waals surface area contributed by atoms with Gasteiger partial charge in [-0.1, -0.05) is 30.3 Å². The van der Waals surface area contributed by atoms with E-state index < -0.39 is 24.5 Å². The summed E-state index contributed by atoms with van der Waals surface area (Å²) in [6.45, 7) is 1.08. The second kappa shape index (κ2) is 9.62. The average molecular weight is 372 g/mol. The molecule has 6 nitrogen and oxygen atoms in total. The van der Waals surface area contributed by atoms with Gasteiger partial charge in [-0.25, -0.2) is 4.79 Å². The number of rotatable bonds is 7. The van der Waals surface area contributed by atoms with Gasteiger partial charge in [0.15, 0.2) is 6.61 Å². The first-order chi connectivity index (χ1) is 12.5. The molecule has 7 heteroatoms. The van der Waals surface area contributed by atoms with Gasteiger partial charge in [-0.3, -0.25) is 9.59 Å². The van der Waals surface area contributed by atoms with Crippen LogP contribution in [0, 0.1) is 0 Å². The van der Waals surface area contributed by atoms with Crippen molar-refractivity contribution in [2.24, 2.45) is 0 Å². The first kappa shape index (κ1) is 19.5. The number of ether oxygens (including phenoxy) is 1. The third-order valence-electron chi connectivity index (χ3n) is 3.46. The molecule has 2 aromatic carbocycles. The standard InChI is InChI=1S/C19H20N2O4S/c1-13(20-18(23)14-8-4-3-5-9-14)19(24)25-12-17(22)21-15-10-6-7-11-16(15)26-2/h3-11,13H,12H2,1-2H3,(H,20,23)(H,21,22)/t13-/m0/s1. The van der Waals surface area contributed by atoms with Crippen molar-refractivity contribution < 1.29 is 19.1 Å². The quantitative estimate of drug-likeness (QED) is 0.577. The maximum atomic E-state index is 12.0. The van der Waals surface area contributed by atoms with Crippen LogP contribution in [0.1, 0.15) is 17.3 Å². The number of amides is 2. The highest BCUT2D eigenvalue weighted by Gasteiger charge is 2.19. The van der Waals surface area contributed by atoms with E-state index in [9.17, 15) is 14.4 Å². The molecule has 0 aliphatic carbocycles. The fourth-order valence-electron chi connectivity index (χ4n) is 2.12. The number of hydrogen-bond acceptors (Lipinski definition) is 5. The summed E-state index contributed by atoms with van der Waals surface area (Å²) in [4.78, 5) is 36.9. The summed E-state index contributed by atoms with van der Waals surface area (Å²) in [7, 11) is 0. The molecule has 26 heavy (non-hydrogen) atoms. The third-order valence-corrected chi connectivity index (χ3v) is 4.26. The van der Waals surface area contributed by atoms with E-state index in [2.05, 4.69) is 10.6 Å². The molecule has 0 radical (unpaired) electrons. The molecule has 0 saturated carbocycles. The molecule has 0 aromatic heterocycles. The lowest BCUT2D eigenvalue weighted by Crippen LogP contribution is -2.40. The van der Waals surface area contributed by atoms with Gasteiger partial charge < -0.3 is 15.4 Å². The SMILES string of the molecule is CSc1ccccc1NC(=O)COC(=O)[C@H](C)NC(=O)c1ccccc1. The molecule has 2 N–H and O–H groups in total. The Balaban J connectivity index is 1.82. The van der Waals surface area contributed by atoms with Crippen molar-refractivity contribution in [2.45, 2.75) is 17.9 Å². The minimum atomic E-state index is -0.867. The zero-order valence-electron chi connectivity index (χ0n) is 14.5. The number of hydrogen-bond donors (Lipinski definition) is 2. The van der Waals surface area contributed by atoms with Gasteiger partial charge in [0, 0.05) is 10.5 Å². The summed E-state index contributed by atoms with van der Waals surface area (Å²) in [5.74, 6) is -1.50. The maximum absolute atomic E-state index is 12.0. The Morgan fingerprint density at radius 2 is 1.69 bits per heavy atom. The van der Waals surface area contributed by atoms with Crippen LogP contribution in [0.25, 0.3) is 0 Å². The minimum Gasteiger partial charge on any atom is -0.454 e. The Bertz CT molecular complexity index is 780. The highest BCUT2D eigenvalue weighted by molar-refractivity contribution is 7.98. The van der Waals surface area contributed by atoms with Crippen LogP contribution in [0.2, 0.25) is 0 Å². The van der Waals surface area contributed by atoms with Gasteiger partial charge in [-0.05, 0) is 37.4 Å². The number of esters is 1. The zero-order chi connectivity index (χ0) is 18.9. The van der Waals surface area contributed by atoms with Crippen molar-refractivity contribution >= 4 is 35.2 Å². The van der Waals surface area contributed by atoms with Crippen molar-refractivity contribution in [3.05, 3.63) is 60.2 Å². The van der Waals surface area contributed by atoms with Crippen molar-refractivity contribution in [3.8, 4) is 0 Å². The fourth-order valence-corrected chi connectivity index (χ4v) is 2.68. The van der Waals surface area contributed by atoms with E-state index in [1.807, 2.05) is 24.5 Å². The molecule has 0 fully saturated rings. The van der Waals surface area contributed by atoms with E-state index >= 15 is 0 Å². The van der Waals surface area contributed by atoms with Gasteiger partial charge >= 0.3 is 5.97 Å². The van der Waals surface area contributed by atoms with Crippen LogP contribution in [-0.2, 0) is 14.3 Å². The monoisotopic (exact) mass is 372 g/mol. The second-order valence-electron chi connectivity index (χ2n) is 5.42. The summed E-state index contributed by atoms with van der Waals surface area (Å²) in [5, 5.41) is 5.24. The Morgan fingerprint density at radius 1 is 1.04 bits per heavy atom. The van der Waals surface area contributed by atoms with Gasteiger partial charge in [0.05, 0.1) is 5.69 Å². The molecule has 2 rings (SSSR count). The largest absolute Gasteiger partial charge is 0.454 e. The van der Waals surface area contributed by atoms with Gasteiger partial charge in [-0.2, -0.15) is 0 Å².